The van der Waals surface area contributed by atoms with Crippen molar-refractivity contribution >= 4 is 5.78 Å². The lowest BCUT2D eigenvalue weighted by molar-refractivity contribution is 0.0914. The van der Waals surface area contributed by atoms with Gasteiger partial charge in [0.2, 0.25) is 0 Å². The van der Waals surface area contributed by atoms with Crippen molar-refractivity contribution in [2.75, 3.05) is 13.7 Å². The highest BCUT2D eigenvalue weighted by Crippen LogP contribution is 2.32. The number of ketones is 1. The van der Waals surface area contributed by atoms with Crippen molar-refractivity contribution in [3.8, 4) is 5.75 Å². The lowest BCUT2D eigenvalue weighted by Crippen LogP contribution is -2.46. The molecular formula is C17H25NO2. The molecule has 110 valence electrons. The Bertz CT molecular complexity index is 450. The summed E-state index contributed by atoms with van der Waals surface area (Å²) in [5.74, 6) is 0.989. The first kappa shape index (κ1) is 15.0. The Balaban J connectivity index is 2.08. The second kappa shape index (κ2) is 6.89. The van der Waals surface area contributed by atoms with Crippen molar-refractivity contribution in [3.05, 3.63) is 29.8 Å². The lowest BCUT2D eigenvalue weighted by Gasteiger charge is -2.36. The van der Waals surface area contributed by atoms with Crippen molar-refractivity contribution in [1.82, 2.24) is 5.32 Å². The van der Waals surface area contributed by atoms with E-state index in [1.54, 1.807) is 0 Å². The van der Waals surface area contributed by atoms with E-state index in [0.29, 0.717) is 13.0 Å². The second-order valence-electron chi connectivity index (χ2n) is 5.65. The minimum absolute atomic E-state index is 0.00302. The maximum Gasteiger partial charge on any atom is 0.164 e. The standard InChI is InChI=1S/C17H25NO2/c1-3-20-15-9-7-8-14(12-15)16(19)13-17(18-2)10-5-4-6-11-17/h7-9,12,18H,3-6,10-11,13H2,1-2H3. The average Bonchev–Trinajstić information content (AvgIpc) is 2.49. The van der Waals surface area contributed by atoms with Crippen molar-refractivity contribution in [2.45, 2.75) is 51.0 Å². The first-order valence-electron chi connectivity index (χ1n) is 7.64. The smallest absolute Gasteiger partial charge is 0.164 e. The van der Waals surface area contributed by atoms with Crippen LogP contribution in [-0.2, 0) is 0 Å². The Hall–Kier alpha value is -1.35. The van der Waals surface area contributed by atoms with E-state index in [2.05, 4.69) is 5.32 Å². The van der Waals surface area contributed by atoms with Gasteiger partial charge in [-0.05, 0) is 38.9 Å². The Morgan fingerprint density at radius 1 is 1.30 bits per heavy atom. The van der Waals surface area contributed by atoms with Crippen LogP contribution in [0.2, 0.25) is 0 Å². The number of carbonyl (C=O) groups is 1. The van der Waals surface area contributed by atoms with E-state index in [-0.39, 0.29) is 11.3 Å². The van der Waals surface area contributed by atoms with Gasteiger partial charge in [0, 0.05) is 17.5 Å². The maximum absolute atomic E-state index is 12.5. The van der Waals surface area contributed by atoms with Crippen molar-refractivity contribution in [1.29, 1.82) is 0 Å². The molecule has 2 rings (SSSR count). The molecule has 1 fully saturated rings. The third-order valence-corrected chi connectivity index (χ3v) is 4.31. The highest BCUT2D eigenvalue weighted by atomic mass is 16.5. The Morgan fingerprint density at radius 3 is 2.70 bits per heavy atom. The third-order valence-electron chi connectivity index (χ3n) is 4.31. The molecule has 0 bridgehead atoms. The summed E-state index contributed by atoms with van der Waals surface area (Å²) in [6, 6.07) is 7.54. The van der Waals surface area contributed by atoms with Gasteiger partial charge in [-0.2, -0.15) is 0 Å². The lowest BCUT2D eigenvalue weighted by atomic mass is 9.77. The monoisotopic (exact) mass is 275 g/mol. The fourth-order valence-corrected chi connectivity index (χ4v) is 3.08. The zero-order valence-corrected chi connectivity index (χ0v) is 12.6. The molecule has 1 N–H and O–H groups in total. The highest BCUT2D eigenvalue weighted by molar-refractivity contribution is 5.97. The number of hydrogen-bond donors (Lipinski definition) is 1. The predicted octanol–water partition coefficient (Wildman–Crippen LogP) is 3.58. The molecule has 0 radical (unpaired) electrons. The van der Waals surface area contributed by atoms with Gasteiger partial charge in [-0.3, -0.25) is 4.79 Å². The maximum atomic E-state index is 12.5. The molecule has 0 unspecified atom stereocenters. The molecule has 1 saturated carbocycles. The molecule has 3 heteroatoms. The van der Waals surface area contributed by atoms with Crippen LogP contribution >= 0.6 is 0 Å². The van der Waals surface area contributed by atoms with Crippen LogP contribution in [0.15, 0.2) is 24.3 Å². The van der Waals surface area contributed by atoms with E-state index in [9.17, 15) is 4.79 Å². The Morgan fingerprint density at radius 2 is 2.05 bits per heavy atom. The Kier molecular flexibility index (Phi) is 5.18. The number of benzene rings is 1. The van der Waals surface area contributed by atoms with Gasteiger partial charge in [-0.15, -0.1) is 0 Å². The van der Waals surface area contributed by atoms with Crippen LogP contribution in [0.1, 0.15) is 55.8 Å². The van der Waals surface area contributed by atoms with Crippen LogP contribution in [0.4, 0.5) is 0 Å². The fourth-order valence-electron chi connectivity index (χ4n) is 3.08. The Labute approximate surface area is 121 Å². The summed E-state index contributed by atoms with van der Waals surface area (Å²) >= 11 is 0. The quantitative estimate of drug-likeness (QED) is 0.806. The van der Waals surface area contributed by atoms with Crippen LogP contribution < -0.4 is 10.1 Å². The first-order valence-corrected chi connectivity index (χ1v) is 7.64. The number of ether oxygens (including phenoxy) is 1. The number of carbonyl (C=O) groups excluding carboxylic acids is 1. The summed E-state index contributed by atoms with van der Waals surface area (Å²) in [6.45, 7) is 2.57. The molecule has 20 heavy (non-hydrogen) atoms. The van der Waals surface area contributed by atoms with Gasteiger partial charge < -0.3 is 10.1 Å². The van der Waals surface area contributed by atoms with Gasteiger partial charge in [0.25, 0.3) is 0 Å². The van der Waals surface area contributed by atoms with Crippen LogP contribution in [-0.4, -0.2) is 25.0 Å². The second-order valence-corrected chi connectivity index (χ2v) is 5.65. The van der Waals surface area contributed by atoms with Crippen molar-refractivity contribution < 1.29 is 9.53 Å². The molecule has 1 aromatic carbocycles. The average molecular weight is 275 g/mol. The summed E-state index contributed by atoms with van der Waals surface area (Å²) in [5.41, 5.74) is 0.757. The highest BCUT2D eigenvalue weighted by Gasteiger charge is 2.32. The van der Waals surface area contributed by atoms with Gasteiger partial charge >= 0.3 is 0 Å². The molecule has 0 heterocycles. The zero-order valence-electron chi connectivity index (χ0n) is 12.6. The van der Waals surface area contributed by atoms with Gasteiger partial charge in [-0.1, -0.05) is 31.4 Å². The molecule has 0 spiro atoms. The summed E-state index contributed by atoms with van der Waals surface area (Å²) in [6.07, 6.45) is 6.50. The van der Waals surface area contributed by atoms with Gasteiger partial charge in [-0.25, -0.2) is 0 Å². The summed E-state index contributed by atoms with van der Waals surface area (Å²) in [7, 11) is 1.98. The molecule has 1 aromatic rings. The number of nitrogens with one attached hydrogen (secondary N) is 1. The third kappa shape index (κ3) is 3.60. The van der Waals surface area contributed by atoms with E-state index in [1.165, 1.54) is 19.3 Å². The van der Waals surface area contributed by atoms with Crippen LogP contribution in [0.3, 0.4) is 0 Å². The normalized spacial score (nSPS) is 17.7. The van der Waals surface area contributed by atoms with Crippen molar-refractivity contribution in [3.63, 3.8) is 0 Å². The SMILES string of the molecule is CCOc1cccc(C(=O)CC2(NC)CCCCC2)c1. The van der Waals surface area contributed by atoms with E-state index in [4.69, 9.17) is 4.74 Å². The molecule has 0 aromatic heterocycles. The fraction of sp³-hybridized carbons (Fsp3) is 0.588. The minimum Gasteiger partial charge on any atom is -0.494 e. The molecule has 1 aliphatic carbocycles. The molecule has 3 nitrogen and oxygen atoms in total. The largest absolute Gasteiger partial charge is 0.494 e. The van der Waals surface area contributed by atoms with Gasteiger partial charge in [0.1, 0.15) is 5.75 Å². The summed E-state index contributed by atoms with van der Waals surface area (Å²) in [4.78, 5) is 12.5. The van der Waals surface area contributed by atoms with Gasteiger partial charge in [0.15, 0.2) is 5.78 Å². The molecule has 0 saturated heterocycles. The molecular weight excluding hydrogens is 250 g/mol. The van der Waals surface area contributed by atoms with Gasteiger partial charge in [0.05, 0.1) is 6.61 Å². The van der Waals surface area contributed by atoms with E-state index in [1.807, 2.05) is 38.2 Å². The molecule has 0 aliphatic heterocycles. The minimum atomic E-state index is -0.00302. The molecule has 0 atom stereocenters. The van der Waals surface area contributed by atoms with Crippen LogP contribution in [0.25, 0.3) is 0 Å². The molecule has 1 aliphatic rings. The van der Waals surface area contributed by atoms with Crippen LogP contribution in [0.5, 0.6) is 5.75 Å². The number of hydrogen-bond acceptors (Lipinski definition) is 3. The van der Waals surface area contributed by atoms with E-state index in [0.717, 1.165) is 24.2 Å². The first-order chi connectivity index (χ1) is 9.69. The number of rotatable bonds is 6. The van der Waals surface area contributed by atoms with Crippen LogP contribution in [0, 0.1) is 0 Å². The topological polar surface area (TPSA) is 38.3 Å². The summed E-state index contributed by atoms with van der Waals surface area (Å²) < 4.78 is 5.47. The predicted molar refractivity (Wildman–Crippen MR) is 81.4 cm³/mol. The van der Waals surface area contributed by atoms with Crippen molar-refractivity contribution in [2.24, 2.45) is 0 Å². The zero-order chi connectivity index (χ0) is 14.4. The molecule has 0 amide bonds. The number of Topliss-reactive ketones (excluding diaryl/α,β-unsaturated/α-hetero) is 1. The van der Waals surface area contributed by atoms with E-state index < -0.39 is 0 Å². The van der Waals surface area contributed by atoms with E-state index >= 15 is 0 Å². The summed E-state index contributed by atoms with van der Waals surface area (Å²) in [5, 5.41) is 3.41.